The molecule has 1 aliphatic rings. The molecule has 0 aliphatic heterocycles. The number of nitro groups is 1. The van der Waals surface area contributed by atoms with E-state index in [4.69, 9.17) is 0 Å². The van der Waals surface area contributed by atoms with Crippen LogP contribution in [0.5, 0.6) is 0 Å². The maximum absolute atomic E-state index is 10.6. The fourth-order valence-corrected chi connectivity index (χ4v) is 2.63. The summed E-state index contributed by atoms with van der Waals surface area (Å²) in [5.74, 6) is 0.799. The van der Waals surface area contributed by atoms with E-state index in [0.29, 0.717) is 6.04 Å². The molecular formula is C11H13IN2O2. The molecule has 0 unspecified atom stereocenters. The Hall–Kier alpha value is -0.850. The number of non-ortho nitro benzene ring substituents is 1. The highest BCUT2D eigenvalue weighted by molar-refractivity contribution is 14.1. The quantitative estimate of drug-likeness (QED) is 0.524. The summed E-state index contributed by atoms with van der Waals surface area (Å²) in [6.45, 7) is 2.24. The van der Waals surface area contributed by atoms with Gasteiger partial charge >= 0.3 is 0 Å². The molecule has 86 valence electrons. The second-order valence-corrected chi connectivity index (χ2v) is 5.50. The highest BCUT2D eigenvalue weighted by atomic mass is 127. The second-order valence-electron chi connectivity index (χ2n) is 4.34. The first kappa shape index (κ1) is 11.6. The first-order chi connectivity index (χ1) is 7.56. The first-order valence-corrected chi connectivity index (χ1v) is 6.34. The fourth-order valence-electron chi connectivity index (χ4n) is 1.97. The van der Waals surface area contributed by atoms with E-state index >= 15 is 0 Å². The smallest absolute Gasteiger partial charge is 0.270 e. The van der Waals surface area contributed by atoms with E-state index in [2.05, 4.69) is 34.8 Å². The van der Waals surface area contributed by atoms with Crippen molar-refractivity contribution in [3.8, 4) is 0 Å². The predicted octanol–water partition coefficient (Wildman–Crippen LogP) is 3.41. The molecule has 1 saturated carbocycles. The van der Waals surface area contributed by atoms with Crippen molar-refractivity contribution in [2.24, 2.45) is 5.92 Å². The molecule has 1 aromatic rings. The van der Waals surface area contributed by atoms with E-state index in [1.165, 1.54) is 12.8 Å². The largest absolute Gasteiger partial charge is 0.381 e. The maximum atomic E-state index is 10.6. The summed E-state index contributed by atoms with van der Waals surface area (Å²) in [5.41, 5.74) is 1.15. The molecule has 0 amide bonds. The summed E-state index contributed by atoms with van der Waals surface area (Å²) in [6, 6.07) is 5.48. The van der Waals surface area contributed by atoms with Gasteiger partial charge < -0.3 is 5.32 Å². The Morgan fingerprint density at radius 2 is 2.19 bits per heavy atom. The summed E-state index contributed by atoms with van der Waals surface area (Å²) >= 11 is 2.13. The van der Waals surface area contributed by atoms with E-state index in [9.17, 15) is 10.1 Å². The number of nitrogens with zero attached hydrogens (tertiary/aromatic N) is 1. The third-order valence-corrected chi connectivity index (χ3v) is 3.79. The average molecular weight is 332 g/mol. The second kappa shape index (κ2) is 4.57. The van der Waals surface area contributed by atoms with Crippen LogP contribution in [-0.2, 0) is 0 Å². The van der Waals surface area contributed by atoms with Gasteiger partial charge in [0.15, 0.2) is 0 Å². The van der Waals surface area contributed by atoms with Gasteiger partial charge in [0.1, 0.15) is 0 Å². The van der Waals surface area contributed by atoms with Crippen LogP contribution in [0.15, 0.2) is 18.2 Å². The van der Waals surface area contributed by atoms with Crippen LogP contribution in [0.1, 0.15) is 19.8 Å². The van der Waals surface area contributed by atoms with E-state index < -0.39 is 0 Å². The topological polar surface area (TPSA) is 55.2 Å². The Morgan fingerprint density at radius 1 is 1.50 bits per heavy atom. The lowest BCUT2D eigenvalue weighted by molar-refractivity contribution is -0.384. The molecule has 1 aliphatic carbocycles. The van der Waals surface area contributed by atoms with Gasteiger partial charge in [0.25, 0.3) is 5.69 Å². The Kier molecular flexibility index (Phi) is 3.32. The summed E-state index contributed by atoms with van der Waals surface area (Å²) < 4.78 is 0.909. The van der Waals surface area contributed by atoms with E-state index in [-0.39, 0.29) is 10.6 Å². The zero-order valence-corrected chi connectivity index (χ0v) is 11.1. The third kappa shape index (κ3) is 2.45. The summed E-state index contributed by atoms with van der Waals surface area (Å²) in [7, 11) is 0. The van der Waals surface area contributed by atoms with Gasteiger partial charge in [-0.05, 0) is 47.4 Å². The van der Waals surface area contributed by atoms with Crippen molar-refractivity contribution < 1.29 is 4.92 Å². The van der Waals surface area contributed by atoms with Gasteiger partial charge in [-0.3, -0.25) is 10.1 Å². The molecule has 1 aromatic carbocycles. The summed E-state index contributed by atoms with van der Waals surface area (Å²) in [6.07, 6.45) is 2.38. The van der Waals surface area contributed by atoms with Crippen LogP contribution in [0.3, 0.4) is 0 Å². The van der Waals surface area contributed by atoms with Crippen LogP contribution < -0.4 is 5.32 Å². The molecule has 0 aromatic heterocycles. The maximum Gasteiger partial charge on any atom is 0.270 e. The Labute approximate surface area is 108 Å². The molecule has 0 radical (unpaired) electrons. The van der Waals surface area contributed by atoms with Gasteiger partial charge in [-0.25, -0.2) is 0 Å². The monoisotopic (exact) mass is 332 g/mol. The van der Waals surface area contributed by atoms with Crippen LogP contribution >= 0.6 is 22.6 Å². The van der Waals surface area contributed by atoms with Gasteiger partial charge in [-0.2, -0.15) is 0 Å². The number of hydrogen-bond donors (Lipinski definition) is 1. The number of hydrogen-bond acceptors (Lipinski definition) is 3. The zero-order valence-electron chi connectivity index (χ0n) is 8.94. The normalized spacial score (nSPS) is 23.6. The standard InChI is InChI=1S/C11H13IN2O2/c1-7-4-8(5-7)13-11-3-2-9(14(15)16)6-10(11)12/h2-3,6-8,13H,4-5H2,1H3. The van der Waals surface area contributed by atoms with Gasteiger partial charge in [0, 0.05) is 27.4 Å². The number of nitrogens with one attached hydrogen (secondary N) is 1. The SMILES string of the molecule is CC1CC(Nc2ccc([N+](=O)[O-])cc2I)C1. The molecule has 0 bridgehead atoms. The third-order valence-electron chi connectivity index (χ3n) is 2.90. The van der Waals surface area contributed by atoms with Crippen LogP contribution in [0.4, 0.5) is 11.4 Å². The lowest BCUT2D eigenvalue weighted by Gasteiger charge is -2.34. The number of nitro benzene ring substituents is 1. The molecule has 2 rings (SSSR count). The molecule has 16 heavy (non-hydrogen) atoms. The summed E-state index contributed by atoms with van der Waals surface area (Å²) in [5, 5.41) is 14.0. The minimum absolute atomic E-state index is 0.150. The fraction of sp³-hybridized carbons (Fsp3) is 0.455. The molecule has 0 heterocycles. The van der Waals surface area contributed by atoms with Crippen LogP contribution in [0.2, 0.25) is 0 Å². The lowest BCUT2D eigenvalue weighted by atomic mass is 9.82. The molecule has 0 atom stereocenters. The minimum Gasteiger partial charge on any atom is -0.381 e. The number of rotatable bonds is 3. The molecule has 1 N–H and O–H groups in total. The highest BCUT2D eigenvalue weighted by Gasteiger charge is 2.25. The van der Waals surface area contributed by atoms with Crippen molar-refractivity contribution in [2.45, 2.75) is 25.8 Å². The first-order valence-electron chi connectivity index (χ1n) is 5.26. The van der Waals surface area contributed by atoms with Crippen molar-refractivity contribution in [3.63, 3.8) is 0 Å². The molecule has 5 heteroatoms. The van der Waals surface area contributed by atoms with E-state index in [0.717, 1.165) is 15.2 Å². The van der Waals surface area contributed by atoms with Gasteiger partial charge in [0.05, 0.1) is 4.92 Å². The Balaban J connectivity index is 2.07. The molecule has 4 nitrogen and oxygen atoms in total. The van der Waals surface area contributed by atoms with E-state index in [1.807, 2.05) is 0 Å². The van der Waals surface area contributed by atoms with Crippen molar-refractivity contribution in [3.05, 3.63) is 31.9 Å². The Morgan fingerprint density at radius 3 is 2.69 bits per heavy atom. The van der Waals surface area contributed by atoms with Gasteiger partial charge in [0.2, 0.25) is 0 Å². The van der Waals surface area contributed by atoms with Crippen molar-refractivity contribution in [1.82, 2.24) is 0 Å². The molecule has 1 fully saturated rings. The van der Waals surface area contributed by atoms with Crippen molar-refractivity contribution in [1.29, 1.82) is 0 Å². The van der Waals surface area contributed by atoms with Gasteiger partial charge in [-0.1, -0.05) is 6.92 Å². The average Bonchev–Trinajstić information content (AvgIpc) is 2.18. The number of anilines is 1. The van der Waals surface area contributed by atoms with Crippen LogP contribution in [0.25, 0.3) is 0 Å². The van der Waals surface area contributed by atoms with Crippen LogP contribution in [0, 0.1) is 19.6 Å². The lowest BCUT2D eigenvalue weighted by Crippen LogP contribution is -2.33. The summed E-state index contributed by atoms with van der Waals surface area (Å²) in [4.78, 5) is 10.2. The zero-order chi connectivity index (χ0) is 11.7. The molecular weight excluding hydrogens is 319 g/mol. The molecule has 0 saturated heterocycles. The van der Waals surface area contributed by atoms with Gasteiger partial charge in [-0.15, -0.1) is 0 Å². The van der Waals surface area contributed by atoms with Crippen LogP contribution in [-0.4, -0.2) is 11.0 Å². The predicted molar refractivity (Wildman–Crippen MR) is 71.6 cm³/mol. The van der Waals surface area contributed by atoms with Crippen molar-refractivity contribution in [2.75, 3.05) is 5.32 Å². The highest BCUT2D eigenvalue weighted by Crippen LogP contribution is 2.31. The Bertz CT molecular complexity index is 416. The number of halogens is 1. The number of benzene rings is 1. The van der Waals surface area contributed by atoms with E-state index in [1.54, 1.807) is 18.2 Å². The molecule has 0 spiro atoms. The minimum atomic E-state index is -0.364. The van der Waals surface area contributed by atoms with Crippen molar-refractivity contribution >= 4 is 34.0 Å².